The molecule has 0 aliphatic heterocycles. The van der Waals surface area contributed by atoms with E-state index in [9.17, 15) is 0 Å². The van der Waals surface area contributed by atoms with E-state index in [0.29, 0.717) is 12.2 Å². The molecular formula is C9H11N3. The van der Waals surface area contributed by atoms with Crippen LogP contribution in [0.3, 0.4) is 0 Å². The van der Waals surface area contributed by atoms with Crippen molar-refractivity contribution in [2.75, 3.05) is 24.2 Å². The number of para-hydroxylation sites is 2. The second kappa shape index (κ2) is 3.63. The first-order valence-electron chi connectivity index (χ1n) is 3.68. The molecule has 2 N–H and O–H groups in total. The second-order valence-corrected chi connectivity index (χ2v) is 2.57. The van der Waals surface area contributed by atoms with Gasteiger partial charge < -0.3 is 10.6 Å². The first-order chi connectivity index (χ1) is 5.75. The minimum atomic E-state index is 0.355. The van der Waals surface area contributed by atoms with Crippen LogP contribution in [0.1, 0.15) is 0 Å². The number of hydrogen-bond donors (Lipinski definition) is 1. The van der Waals surface area contributed by atoms with Crippen LogP contribution < -0.4 is 10.6 Å². The van der Waals surface area contributed by atoms with Gasteiger partial charge in [-0.3, -0.25) is 0 Å². The number of rotatable bonds is 2. The van der Waals surface area contributed by atoms with Crippen molar-refractivity contribution in [2.45, 2.75) is 0 Å². The van der Waals surface area contributed by atoms with Crippen molar-refractivity contribution >= 4 is 11.4 Å². The molecule has 0 bridgehead atoms. The van der Waals surface area contributed by atoms with Gasteiger partial charge in [0.05, 0.1) is 17.4 Å². The molecule has 0 aliphatic rings. The lowest BCUT2D eigenvalue weighted by Gasteiger charge is -2.16. The van der Waals surface area contributed by atoms with Gasteiger partial charge in [-0.15, -0.1) is 0 Å². The Bertz CT molecular complexity index is 301. The first-order valence-corrected chi connectivity index (χ1v) is 3.68. The molecule has 3 heteroatoms. The molecule has 1 rings (SSSR count). The van der Waals surface area contributed by atoms with Crippen LogP contribution in [-0.4, -0.2) is 13.6 Å². The number of anilines is 2. The van der Waals surface area contributed by atoms with Crippen LogP contribution in [0.15, 0.2) is 24.3 Å². The summed E-state index contributed by atoms with van der Waals surface area (Å²) in [5, 5.41) is 8.46. The van der Waals surface area contributed by atoms with Gasteiger partial charge in [0.25, 0.3) is 0 Å². The van der Waals surface area contributed by atoms with E-state index in [-0.39, 0.29) is 0 Å². The summed E-state index contributed by atoms with van der Waals surface area (Å²) < 4.78 is 0. The third-order valence-corrected chi connectivity index (χ3v) is 1.66. The van der Waals surface area contributed by atoms with Crippen LogP contribution in [0, 0.1) is 11.3 Å². The van der Waals surface area contributed by atoms with Crippen molar-refractivity contribution in [3.8, 4) is 6.07 Å². The van der Waals surface area contributed by atoms with Gasteiger partial charge in [-0.25, -0.2) is 0 Å². The number of nitrogens with zero attached hydrogens (tertiary/aromatic N) is 2. The van der Waals surface area contributed by atoms with Crippen LogP contribution in [0.5, 0.6) is 0 Å². The van der Waals surface area contributed by atoms with Crippen LogP contribution >= 0.6 is 0 Å². The van der Waals surface area contributed by atoms with E-state index in [1.165, 1.54) is 0 Å². The number of nitrogen functional groups attached to an aromatic ring is 1. The zero-order chi connectivity index (χ0) is 8.97. The Morgan fingerprint density at radius 1 is 1.50 bits per heavy atom. The van der Waals surface area contributed by atoms with Gasteiger partial charge in [-0.1, -0.05) is 12.1 Å². The maximum atomic E-state index is 8.46. The van der Waals surface area contributed by atoms with Crippen molar-refractivity contribution in [1.29, 1.82) is 5.26 Å². The van der Waals surface area contributed by atoms with Crippen molar-refractivity contribution in [3.63, 3.8) is 0 Å². The Morgan fingerprint density at radius 2 is 2.17 bits per heavy atom. The van der Waals surface area contributed by atoms with Crippen LogP contribution in [0.25, 0.3) is 0 Å². The van der Waals surface area contributed by atoms with E-state index >= 15 is 0 Å². The second-order valence-electron chi connectivity index (χ2n) is 2.57. The van der Waals surface area contributed by atoms with Gasteiger partial charge >= 0.3 is 0 Å². The van der Waals surface area contributed by atoms with Gasteiger partial charge in [0.15, 0.2) is 0 Å². The molecule has 0 atom stereocenters. The van der Waals surface area contributed by atoms with E-state index in [0.717, 1.165) is 5.69 Å². The van der Waals surface area contributed by atoms with E-state index in [1.54, 1.807) is 0 Å². The summed E-state index contributed by atoms with van der Waals surface area (Å²) in [4.78, 5) is 1.81. The number of nitrogens with two attached hydrogens (primary N) is 1. The molecule has 0 saturated heterocycles. The number of nitriles is 1. The standard InChI is InChI=1S/C9H11N3/c1-12(7-6-10)9-5-3-2-4-8(9)11/h2-5H,7,11H2,1H3. The Morgan fingerprint density at radius 3 is 2.75 bits per heavy atom. The Balaban J connectivity index is 2.88. The van der Waals surface area contributed by atoms with E-state index < -0.39 is 0 Å². The summed E-state index contributed by atoms with van der Waals surface area (Å²) in [7, 11) is 1.84. The highest BCUT2D eigenvalue weighted by Gasteiger charge is 2.01. The summed E-state index contributed by atoms with van der Waals surface area (Å²) >= 11 is 0. The molecule has 0 aromatic heterocycles. The molecule has 12 heavy (non-hydrogen) atoms. The van der Waals surface area contributed by atoms with Crippen LogP contribution in [-0.2, 0) is 0 Å². The quantitative estimate of drug-likeness (QED) is 0.524. The molecule has 1 aromatic carbocycles. The molecule has 0 unspecified atom stereocenters. The third kappa shape index (κ3) is 1.67. The summed E-state index contributed by atoms with van der Waals surface area (Å²) in [6, 6.07) is 9.56. The van der Waals surface area contributed by atoms with Gasteiger partial charge in [-0.2, -0.15) is 5.26 Å². The minimum absolute atomic E-state index is 0.355. The van der Waals surface area contributed by atoms with Gasteiger partial charge in [0.1, 0.15) is 6.54 Å². The number of benzene rings is 1. The maximum Gasteiger partial charge on any atom is 0.105 e. The molecule has 0 amide bonds. The molecule has 0 spiro atoms. The van der Waals surface area contributed by atoms with E-state index in [4.69, 9.17) is 11.0 Å². The minimum Gasteiger partial charge on any atom is -0.397 e. The molecule has 1 aromatic rings. The highest BCUT2D eigenvalue weighted by Crippen LogP contribution is 2.20. The molecule has 0 heterocycles. The fraction of sp³-hybridized carbons (Fsp3) is 0.222. The molecule has 0 radical (unpaired) electrons. The summed E-state index contributed by atoms with van der Waals surface area (Å²) in [6.45, 7) is 0.355. The summed E-state index contributed by atoms with van der Waals surface area (Å²) in [5.74, 6) is 0. The van der Waals surface area contributed by atoms with Crippen LogP contribution in [0.4, 0.5) is 11.4 Å². The predicted octanol–water partition coefficient (Wildman–Crippen LogP) is 1.23. The molecular weight excluding hydrogens is 150 g/mol. The van der Waals surface area contributed by atoms with E-state index in [1.807, 2.05) is 36.2 Å². The molecule has 0 fully saturated rings. The lowest BCUT2D eigenvalue weighted by atomic mass is 10.2. The van der Waals surface area contributed by atoms with Crippen LogP contribution in [0.2, 0.25) is 0 Å². The lowest BCUT2D eigenvalue weighted by molar-refractivity contribution is 1.04. The van der Waals surface area contributed by atoms with Gasteiger partial charge in [0.2, 0.25) is 0 Å². The highest BCUT2D eigenvalue weighted by molar-refractivity contribution is 5.67. The van der Waals surface area contributed by atoms with Crippen molar-refractivity contribution in [3.05, 3.63) is 24.3 Å². The fourth-order valence-electron chi connectivity index (χ4n) is 1.03. The average molecular weight is 161 g/mol. The third-order valence-electron chi connectivity index (χ3n) is 1.66. The summed E-state index contributed by atoms with van der Waals surface area (Å²) in [6.07, 6.45) is 0. The normalized spacial score (nSPS) is 9.00. The topological polar surface area (TPSA) is 53.0 Å². The smallest absolute Gasteiger partial charge is 0.105 e. The Hall–Kier alpha value is -1.69. The molecule has 0 aliphatic carbocycles. The van der Waals surface area contributed by atoms with Crippen molar-refractivity contribution in [2.24, 2.45) is 0 Å². The number of hydrogen-bond acceptors (Lipinski definition) is 3. The zero-order valence-corrected chi connectivity index (χ0v) is 6.99. The Kier molecular flexibility index (Phi) is 2.54. The fourth-order valence-corrected chi connectivity index (χ4v) is 1.03. The zero-order valence-electron chi connectivity index (χ0n) is 6.99. The van der Waals surface area contributed by atoms with Gasteiger partial charge in [-0.05, 0) is 12.1 Å². The first kappa shape index (κ1) is 8.41. The van der Waals surface area contributed by atoms with E-state index in [2.05, 4.69) is 6.07 Å². The Labute approximate surface area is 72.0 Å². The average Bonchev–Trinajstić information content (AvgIpc) is 2.05. The van der Waals surface area contributed by atoms with Crippen molar-refractivity contribution < 1.29 is 0 Å². The van der Waals surface area contributed by atoms with Gasteiger partial charge in [0, 0.05) is 7.05 Å². The largest absolute Gasteiger partial charge is 0.397 e. The maximum absolute atomic E-state index is 8.46. The predicted molar refractivity (Wildman–Crippen MR) is 49.7 cm³/mol. The lowest BCUT2D eigenvalue weighted by Crippen LogP contribution is -2.18. The highest BCUT2D eigenvalue weighted by atomic mass is 15.1. The molecule has 62 valence electrons. The molecule has 3 nitrogen and oxygen atoms in total. The monoisotopic (exact) mass is 161 g/mol. The SMILES string of the molecule is CN(CC#N)c1ccccc1N. The van der Waals surface area contributed by atoms with Crippen molar-refractivity contribution in [1.82, 2.24) is 0 Å². The molecule has 0 saturated carbocycles. The summed E-state index contributed by atoms with van der Waals surface area (Å²) in [5.41, 5.74) is 7.31.